The lowest BCUT2D eigenvalue weighted by atomic mass is 9.80. The van der Waals surface area contributed by atoms with Gasteiger partial charge in [-0.25, -0.2) is 0 Å². The minimum absolute atomic E-state index is 0.0554. The van der Waals surface area contributed by atoms with E-state index < -0.39 is 0 Å². The number of benzene rings is 4. The third kappa shape index (κ3) is 13.3. The van der Waals surface area contributed by atoms with E-state index in [9.17, 15) is 0 Å². The molecule has 0 radical (unpaired) electrons. The van der Waals surface area contributed by atoms with Gasteiger partial charge in [-0.15, -0.1) is 13.2 Å². The smallest absolute Gasteiger partial charge is 0.175 e. The Hall–Kier alpha value is -4.91. The highest BCUT2D eigenvalue weighted by Crippen LogP contribution is 2.42. The number of rotatable bonds is 10. The lowest BCUT2D eigenvalue weighted by Crippen LogP contribution is -2.37. The Labute approximate surface area is 364 Å². The normalized spacial score (nSPS) is 15.4. The van der Waals surface area contributed by atoms with Crippen LogP contribution in [0.5, 0.6) is 0 Å². The average molecular weight is 814 g/mol. The Balaban J connectivity index is 0.00000141. The Morgan fingerprint density at radius 2 is 1.39 bits per heavy atom. The van der Waals surface area contributed by atoms with Crippen LogP contribution in [0.3, 0.4) is 0 Å². The number of aromatic nitrogens is 1. The number of allylic oxidation sites excluding steroid dienone is 2. The number of piperidine rings is 1. The molecule has 6 heteroatoms. The van der Waals surface area contributed by atoms with Crippen LogP contribution in [-0.2, 0) is 0 Å². The SMILES string of the molecule is C=C.C=C(c1ccc(NC(=S)NC(/C=C(\C)C(C)(C)C)=C(\CC)CNC)c2ccccc12)N1CC(c2ccccc2)CC(c2c[nH]c3ccccc23)C1.CC.CC.CC. The molecule has 5 nitrogen and oxygen atoms in total. The predicted octanol–water partition coefficient (Wildman–Crippen LogP) is 14.6. The number of para-hydroxylation sites is 1. The molecule has 1 saturated heterocycles. The third-order valence-corrected chi connectivity index (χ3v) is 10.8. The molecule has 2 heterocycles. The highest BCUT2D eigenvalue weighted by Gasteiger charge is 2.32. The number of hydrogen-bond donors (Lipinski definition) is 4. The lowest BCUT2D eigenvalue weighted by Gasteiger charge is -2.41. The number of thiocarbonyl (C=S) groups is 1. The van der Waals surface area contributed by atoms with Gasteiger partial charge in [0.05, 0.1) is 0 Å². The van der Waals surface area contributed by atoms with Crippen LogP contribution in [0.1, 0.15) is 118 Å². The highest BCUT2D eigenvalue weighted by atomic mass is 32.1. The van der Waals surface area contributed by atoms with E-state index in [2.05, 4.69) is 177 Å². The lowest BCUT2D eigenvalue weighted by molar-refractivity contribution is 0.266. The van der Waals surface area contributed by atoms with Gasteiger partial charge in [-0.1, -0.05) is 160 Å². The minimum Gasteiger partial charge on any atom is -0.370 e. The van der Waals surface area contributed by atoms with Crippen LogP contribution in [0.25, 0.3) is 27.4 Å². The number of likely N-dealkylation sites (tertiary alicyclic amines) is 1. The second-order valence-corrected chi connectivity index (χ2v) is 15.4. The quantitative estimate of drug-likeness (QED) is 0.0643. The first-order valence-corrected chi connectivity index (χ1v) is 22.2. The van der Waals surface area contributed by atoms with Crippen molar-refractivity contribution in [2.24, 2.45) is 5.41 Å². The van der Waals surface area contributed by atoms with Gasteiger partial charge in [-0.2, -0.15) is 0 Å². The fraction of sp³-hybridized carbons (Fsp3) is 0.377. The summed E-state index contributed by atoms with van der Waals surface area (Å²) in [6.45, 7) is 36.5. The molecule has 6 rings (SSSR count). The molecule has 0 spiro atoms. The fourth-order valence-corrected chi connectivity index (χ4v) is 7.55. The third-order valence-electron chi connectivity index (χ3n) is 10.6. The standard InChI is InChI=1S/C45H53N5S.3C2H6.C2H4/c1-8-32(26-46-7)43(24-30(2)45(4,5)6)49-44(51)48-42-23-22-36(37-18-12-13-19-38(37)42)31(3)50-28-34(33-16-10-9-11-17-33)25-35(29-50)40-27-47-41-21-15-14-20-39(40)41;4*1-2/h9-24,27,34-35,46-47H,3,8,25-26,28-29H2,1-2,4-7H3,(H2,48,49,51);3*1-2H3;1-2H2/b30-24+,43-32+;;;;. The molecule has 2 unspecified atom stereocenters. The summed E-state index contributed by atoms with van der Waals surface area (Å²) in [5.41, 5.74) is 10.8. The van der Waals surface area contributed by atoms with Crippen molar-refractivity contribution >= 4 is 50.4 Å². The van der Waals surface area contributed by atoms with Gasteiger partial charge in [0.2, 0.25) is 0 Å². The second kappa shape index (κ2) is 25.5. The molecule has 0 bridgehead atoms. The Morgan fingerprint density at radius 1 is 0.814 bits per heavy atom. The largest absolute Gasteiger partial charge is 0.370 e. The molecule has 0 amide bonds. The van der Waals surface area contributed by atoms with Crippen LogP contribution < -0.4 is 16.0 Å². The van der Waals surface area contributed by atoms with Crippen molar-refractivity contribution in [1.82, 2.24) is 20.5 Å². The summed E-state index contributed by atoms with van der Waals surface area (Å²) >= 11 is 5.97. The molecule has 1 aliphatic rings. The van der Waals surface area contributed by atoms with E-state index in [0.29, 0.717) is 16.9 Å². The number of likely N-dealkylation sites (N-methyl/N-ethyl adjacent to an activating group) is 1. The van der Waals surface area contributed by atoms with Gasteiger partial charge in [-0.05, 0) is 84.7 Å². The molecular formula is C53H75N5S. The summed E-state index contributed by atoms with van der Waals surface area (Å²) in [4.78, 5) is 6.05. The Kier molecular flexibility index (Phi) is 21.8. The van der Waals surface area contributed by atoms with E-state index in [1.165, 1.54) is 33.2 Å². The Morgan fingerprint density at radius 3 is 2.00 bits per heavy atom. The first-order valence-electron chi connectivity index (χ1n) is 21.8. The maximum absolute atomic E-state index is 5.97. The number of fused-ring (bicyclic) bond motifs is 2. The topological polar surface area (TPSA) is 55.1 Å². The first kappa shape index (κ1) is 50.2. The van der Waals surface area contributed by atoms with Crippen molar-refractivity contribution in [1.29, 1.82) is 0 Å². The summed E-state index contributed by atoms with van der Waals surface area (Å²) in [5.74, 6) is 0.752. The van der Waals surface area contributed by atoms with Crippen molar-refractivity contribution < 1.29 is 0 Å². The van der Waals surface area contributed by atoms with Gasteiger partial charge < -0.3 is 25.8 Å². The number of nitrogens with zero attached hydrogens (tertiary/aromatic N) is 1. The molecule has 5 aromatic rings. The summed E-state index contributed by atoms with van der Waals surface area (Å²) < 4.78 is 0. The summed E-state index contributed by atoms with van der Waals surface area (Å²) in [6.07, 6.45) is 6.49. The van der Waals surface area contributed by atoms with Gasteiger partial charge in [0, 0.05) is 76.6 Å². The monoisotopic (exact) mass is 814 g/mol. The zero-order chi connectivity index (χ0) is 44.1. The minimum atomic E-state index is 0.0554. The molecule has 4 aromatic carbocycles. The van der Waals surface area contributed by atoms with Crippen LogP contribution >= 0.6 is 12.2 Å². The average Bonchev–Trinajstić information content (AvgIpc) is 3.72. The molecule has 1 fully saturated rings. The second-order valence-electron chi connectivity index (χ2n) is 14.9. The molecule has 2 atom stereocenters. The van der Waals surface area contributed by atoms with Crippen LogP contribution in [0, 0.1) is 5.41 Å². The molecule has 1 aliphatic heterocycles. The predicted molar refractivity (Wildman–Crippen MR) is 269 cm³/mol. The van der Waals surface area contributed by atoms with Crippen molar-refractivity contribution in [2.75, 3.05) is 32.0 Å². The number of nitrogens with one attached hydrogen (secondary N) is 4. The molecule has 59 heavy (non-hydrogen) atoms. The zero-order valence-corrected chi connectivity index (χ0v) is 39.3. The van der Waals surface area contributed by atoms with Crippen LogP contribution in [0.2, 0.25) is 0 Å². The van der Waals surface area contributed by atoms with Gasteiger partial charge in [0.15, 0.2) is 5.11 Å². The van der Waals surface area contributed by atoms with Crippen LogP contribution in [0.4, 0.5) is 5.69 Å². The van der Waals surface area contributed by atoms with Gasteiger partial charge in [0.25, 0.3) is 0 Å². The van der Waals surface area contributed by atoms with E-state index in [4.69, 9.17) is 18.8 Å². The summed E-state index contributed by atoms with van der Waals surface area (Å²) in [7, 11) is 1.99. The number of hydrogen-bond acceptors (Lipinski definition) is 3. The van der Waals surface area contributed by atoms with Crippen molar-refractivity contribution in [2.45, 2.75) is 101 Å². The maximum atomic E-state index is 5.97. The molecule has 4 N–H and O–H groups in total. The van der Waals surface area contributed by atoms with E-state index in [1.807, 2.05) is 48.6 Å². The van der Waals surface area contributed by atoms with Gasteiger partial charge >= 0.3 is 0 Å². The summed E-state index contributed by atoms with van der Waals surface area (Å²) in [6, 6.07) is 32.6. The first-order chi connectivity index (χ1) is 28.6. The van der Waals surface area contributed by atoms with Crippen LogP contribution in [0.15, 0.2) is 140 Å². The van der Waals surface area contributed by atoms with Crippen molar-refractivity contribution in [3.63, 3.8) is 0 Å². The molecular weight excluding hydrogens is 739 g/mol. The van der Waals surface area contributed by atoms with Crippen molar-refractivity contribution in [3.05, 3.63) is 157 Å². The van der Waals surface area contributed by atoms with Gasteiger partial charge in [0.1, 0.15) is 0 Å². The van der Waals surface area contributed by atoms with Gasteiger partial charge in [-0.3, -0.25) is 0 Å². The number of H-pyrrole nitrogens is 1. The molecule has 318 valence electrons. The van der Waals surface area contributed by atoms with E-state index >= 15 is 0 Å². The number of aromatic amines is 1. The van der Waals surface area contributed by atoms with Crippen LogP contribution in [-0.4, -0.2) is 41.7 Å². The zero-order valence-electron chi connectivity index (χ0n) is 38.5. The Bertz CT molecular complexity index is 2100. The maximum Gasteiger partial charge on any atom is 0.175 e. The molecule has 0 saturated carbocycles. The van der Waals surface area contributed by atoms with E-state index in [1.54, 1.807) is 0 Å². The van der Waals surface area contributed by atoms with E-state index in [-0.39, 0.29) is 5.41 Å². The van der Waals surface area contributed by atoms with E-state index in [0.717, 1.165) is 65.9 Å². The molecule has 0 aliphatic carbocycles. The highest BCUT2D eigenvalue weighted by molar-refractivity contribution is 7.80. The number of anilines is 1. The molecule has 1 aromatic heterocycles. The fourth-order valence-electron chi connectivity index (χ4n) is 7.33. The summed E-state index contributed by atoms with van der Waals surface area (Å²) in [5, 5.41) is 14.6. The van der Waals surface area contributed by atoms with Crippen molar-refractivity contribution in [3.8, 4) is 0 Å².